The van der Waals surface area contributed by atoms with Gasteiger partial charge in [-0.2, -0.15) is 0 Å². The predicted octanol–water partition coefficient (Wildman–Crippen LogP) is 4.35. The highest BCUT2D eigenvalue weighted by Crippen LogP contribution is 2.45. The summed E-state index contributed by atoms with van der Waals surface area (Å²) in [6.45, 7) is 5.05. The first-order valence-corrected chi connectivity index (χ1v) is 10.6. The van der Waals surface area contributed by atoms with Gasteiger partial charge < -0.3 is 0 Å². The van der Waals surface area contributed by atoms with E-state index in [9.17, 15) is 0 Å². The highest BCUT2D eigenvalue weighted by molar-refractivity contribution is 6.89. The molecule has 0 amide bonds. The lowest BCUT2D eigenvalue weighted by Gasteiger charge is -2.24. The summed E-state index contributed by atoms with van der Waals surface area (Å²) in [5.74, 6) is 1.92. The van der Waals surface area contributed by atoms with Gasteiger partial charge in [-0.15, -0.1) is 0 Å². The maximum absolute atomic E-state index is 2.61. The summed E-state index contributed by atoms with van der Waals surface area (Å²) in [7, 11) is -1.22. The molecule has 2 bridgehead atoms. The lowest BCUT2D eigenvalue weighted by atomic mass is 9.97. The van der Waals surface area contributed by atoms with Crippen molar-refractivity contribution in [1.29, 1.82) is 0 Å². The normalized spacial score (nSPS) is 26.4. The molecular formula is C17H24Si. The largest absolute Gasteiger partial charge is 0.0819 e. The number of benzene rings is 1. The van der Waals surface area contributed by atoms with E-state index in [0.717, 1.165) is 11.8 Å². The Balaban J connectivity index is 1.65. The van der Waals surface area contributed by atoms with Crippen LogP contribution in [0.25, 0.3) is 0 Å². The van der Waals surface area contributed by atoms with Gasteiger partial charge in [0, 0.05) is 0 Å². The highest BCUT2D eigenvalue weighted by Gasteiger charge is 2.33. The third-order valence-corrected chi connectivity index (χ3v) is 8.44. The Bertz CT molecular complexity index is 444. The summed E-state index contributed by atoms with van der Waals surface area (Å²) in [4.78, 5) is 0. The molecule has 1 heteroatoms. The van der Waals surface area contributed by atoms with Gasteiger partial charge in [-0.25, -0.2) is 0 Å². The summed E-state index contributed by atoms with van der Waals surface area (Å²) < 4.78 is 0. The van der Waals surface area contributed by atoms with E-state index in [1.54, 1.807) is 5.19 Å². The molecule has 2 aliphatic rings. The lowest BCUT2D eigenvalue weighted by molar-refractivity contribution is 0.635. The minimum absolute atomic E-state index is 0.950. The van der Waals surface area contributed by atoms with Crippen molar-refractivity contribution in [1.82, 2.24) is 0 Å². The van der Waals surface area contributed by atoms with Crippen molar-refractivity contribution >= 4 is 13.3 Å². The van der Waals surface area contributed by atoms with Gasteiger partial charge in [-0.1, -0.05) is 60.3 Å². The van der Waals surface area contributed by atoms with Crippen molar-refractivity contribution in [2.24, 2.45) is 11.8 Å². The third-order valence-electron chi connectivity index (χ3n) is 5.04. The number of rotatable bonds is 4. The van der Waals surface area contributed by atoms with E-state index in [0.29, 0.717) is 0 Å². The first-order valence-electron chi connectivity index (χ1n) is 7.41. The monoisotopic (exact) mass is 256 g/mol. The zero-order valence-corrected chi connectivity index (χ0v) is 12.7. The van der Waals surface area contributed by atoms with E-state index in [2.05, 4.69) is 49.5 Å². The van der Waals surface area contributed by atoms with Crippen molar-refractivity contribution in [2.45, 2.75) is 44.8 Å². The minimum Gasteiger partial charge on any atom is -0.0819 e. The van der Waals surface area contributed by atoms with Crippen LogP contribution < -0.4 is 5.19 Å². The van der Waals surface area contributed by atoms with Crippen LogP contribution in [-0.4, -0.2) is 8.07 Å². The van der Waals surface area contributed by atoms with E-state index in [4.69, 9.17) is 0 Å². The van der Waals surface area contributed by atoms with E-state index < -0.39 is 8.07 Å². The molecule has 1 aromatic carbocycles. The van der Waals surface area contributed by atoms with E-state index in [1.807, 2.05) is 5.57 Å². The van der Waals surface area contributed by atoms with Gasteiger partial charge in [-0.05, 0) is 43.6 Å². The fourth-order valence-electron chi connectivity index (χ4n) is 3.72. The van der Waals surface area contributed by atoms with Gasteiger partial charge in [0.25, 0.3) is 0 Å². The molecule has 0 radical (unpaired) electrons. The molecule has 96 valence electrons. The standard InChI is InChI=1S/C17H24Si/c1-18(2,17-6-4-3-5-7-17)11-10-16-13-14-8-9-15(16)12-14/h3-7,13-15H,8-12H2,1-2H3. The smallest absolute Gasteiger partial charge is 0.0809 e. The van der Waals surface area contributed by atoms with Gasteiger partial charge >= 0.3 is 0 Å². The molecule has 0 heterocycles. The second-order valence-corrected chi connectivity index (χ2v) is 11.6. The van der Waals surface area contributed by atoms with Gasteiger partial charge in [0.1, 0.15) is 0 Å². The molecule has 0 aromatic heterocycles. The molecule has 2 atom stereocenters. The molecule has 1 fully saturated rings. The van der Waals surface area contributed by atoms with Crippen molar-refractivity contribution in [3.63, 3.8) is 0 Å². The zero-order valence-electron chi connectivity index (χ0n) is 11.7. The average Bonchev–Trinajstić information content (AvgIpc) is 3.00. The Kier molecular flexibility index (Phi) is 3.19. The summed E-state index contributed by atoms with van der Waals surface area (Å²) in [5, 5.41) is 1.62. The van der Waals surface area contributed by atoms with Crippen molar-refractivity contribution in [3.8, 4) is 0 Å². The molecule has 2 unspecified atom stereocenters. The summed E-state index contributed by atoms with van der Waals surface area (Å²) in [6, 6.07) is 12.6. The van der Waals surface area contributed by atoms with Crippen LogP contribution in [0.5, 0.6) is 0 Å². The van der Waals surface area contributed by atoms with Crippen LogP contribution in [0.1, 0.15) is 25.7 Å². The van der Waals surface area contributed by atoms with Crippen LogP contribution in [-0.2, 0) is 0 Å². The number of hydrogen-bond donors (Lipinski definition) is 0. The van der Waals surface area contributed by atoms with Crippen LogP contribution in [0.3, 0.4) is 0 Å². The van der Waals surface area contributed by atoms with Crippen molar-refractivity contribution < 1.29 is 0 Å². The SMILES string of the molecule is C[Si](C)(CCC1=CC2CCC1C2)c1ccccc1. The van der Waals surface area contributed by atoms with Crippen LogP contribution in [0, 0.1) is 11.8 Å². The molecular weight excluding hydrogens is 232 g/mol. The molecule has 0 N–H and O–H groups in total. The molecule has 18 heavy (non-hydrogen) atoms. The Morgan fingerprint density at radius 1 is 1.11 bits per heavy atom. The van der Waals surface area contributed by atoms with E-state index in [1.165, 1.54) is 31.7 Å². The van der Waals surface area contributed by atoms with Crippen LogP contribution >= 0.6 is 0 Å². The second-order valence-electron chi connectivity index (χ2n) is 6.76. The molecule has 3 rings (SSSR count). The number of hydrogen-bond acceptors (Lipinski definition) is 0. The average molecular weight is 256 g/mol. The first kappa shape index (κ1) is 12.2. The lowest BCUT2D eigenvalue weighted by Crippen LogP contribution is -2.41. The van der Waals surface area contributed by atoms with Gasteiger partial charge in [-0.3, -0.25) is 0 Å². The highest BCUT2D eigenvalue weighted by atomic mass is 28.3. The van der Waals surface area contributed by atoms with Crippen LogP contribution in [0.15, 0.2) is 42.0 Å². The van der Waals surface area contributed by atoms with Crippen molar-refractivity contribution in [2.75, 3.05) is 0 Å². The maximum Gasteiger partial charge on any atom is 0.0809 e. The number of fused-ring (bicyclic) bond motifs is 2. The predicted molar refractivity (Wildman–Crippen MR) is 81.9 cm³/mol. The maximum atomic E-state index is 2.61. The number of allylic oxidation sites excluding steroid dienone is 2. The molecule has 0 nitrogen and oxygen atoms in total. The third kappa shape index (κ3) is 2.33. The Morgan fingerprint density at radius 2 is 1.89 bits per heavy atom. The fraction of sp³-hybridized carbons (Fsp3) is 0.529. The Hall–Kier alpha value is -0.823. The minimum atomic E-state index is -1.22. The molecule has 0 aliphatic heterocycles. The quantitative estimate of drug-likeness (QED) is 0.555. The summed E-state index contributed by atoms with van der Waals surface area (Å²) in [5.41, 5.74) is 1.81. The summed E-state index contributed by atoms with van der Waals surface area (Å²) in [6.07, 6.45) is 8.40. The first-order chi connectivity index (χ1) is 8.65. The summed E-state index contributed by atoms with van der Waals surface area (Å²) >= 11 is 0. The molecule has 1 saturated carbocycles. The van der Waals surface area contributed by atoms with Crippen LogP contribution in [0.2, 0.25) is 19.1 Å². The zero-order chi connectivity index (χ0) is 12.6. The van der Waals surface area contributed by atoms with E-state index >= 15 is 0 Å². The van der Waals surface area contributed by atoms with Gasteiger partial charge in [0.2, 0.25) is 0 Å². The topological polar surface area (TPSA) is 0 Å². The Labute approximate surface area is 112 Å². The van der Waals surface area contributed by atoms with Gasteiger partial charge in [0.05, 0.1) is 8.07 Å². The molecule has 2 aliphatic carbocycles. The van der Waals surface area contributed by atoms with Crippen LogP contribution in [0.4, 0.5) is 0 Å². The Morgan fingerprint density at radius 3 is 2.50 bits per heavy atom. The molecule has 0 spiro atoms. The molecule has 1 aromatic rings. The fourth-order valence-corrected chi connectivity index (χ4v) is 6.02. The van der Waals surface area contributed by atoms with Gasteiger partial charge in [0.15, 0.2) is 0 Å². The van der Waals surface area contributed by atoms with Crippen molar-refractivity contribution in [3.05, 3.63) is 42.0 Å². The molecule has 0 saturated heterocycles. The van der Waals surface area contributed by atoms with E-state index in [-0.39, 0.29) is 0 Å². The second kappa shape index (κ2) is 4.69.